The normalized spacial score (nSPS) is 12.7. The Bertz CT molecular complexity index is 731. The average molecular weight is 780 g/mol. The Balaban J connectivity index is 4.22. The van der Waals surface area contributed by atoms with Gasteiger partial charge in [-0.25, -0.2) is 0 Å². The van der Waals surface area contributed by atoms with Crippen LogP contribution >= 0.6 is 0 Å². The lowest BCUT2D eigenvalue weighted by molar-refractivity contribution is -0.146. The molecule has 0 heterocycles. The number of aliphatic hydroxyl groups excluding tert-OH is 1. The van der Waals surface area contributed by atoms with E-state index in [9.17, 15) is 14.7 Å². The van der Waals surface area contributed by atoms with Gasteiger partial charge in [0, 0.05) is 26.0 Å². The van der Waals surface area contributed by atoms with E-state index in [1.54, 1.807) is 0 Å². The second-order valence-corrected chi connectivity index (χ2v) is 17.2. The van der Waals surface area contributed by atoms with Gasteiger partial charge in [0.2, 0.25) is 0 Å². The van der Waals surface area contributed by atoms with Crippen LogP contribution in [0.2, 0.25) is 0 Å². The minimum Gasteiger partial charge on any atom is -0.465 e. The van der Waals surface area contributed by atoms with Crippen LogP contribution in [0.3, 0.4) is 0 Å². The molecule has 0 aliphatic heterocycles. The van der Waals surface area contributed by atoms with Crippen LogP contribution in [0.4, 0.5) is 0 Å². The number of hydrogen-bond acceptors (Lipinski definition) is 6. The van der Waals surface area contributed by atoms with E-state index in [1.165, 1.54) is 154 Å². The summed E-state index contributed by atoms with van der Waals surface area (Å²) in [6.07, 6.45) is 41.2. The van der Waals surface area contributed by atoms with Crippen molar-refractivity contribution in [2.75, 3.05) is 39.5 Å². The van der Waals surface area contributed by atoms with Crippen LogP contribution in [-0.2, 0) is 19.1 Å². The van der Waals surface area contributed by atoms with Gasteiger partial charge in [0.1, 0.15) is 0 Å². The number of rotatable bonds is 45. The molecule has 0 aromatic heterocycles. The molecule has 2 unspecified atom stereocenters. The molecule has 0 spiro atoms. The molecule has 0 aliphatic carbocycles. The number of ether oxygens (including phenoxy) is 2. The Morgan fingerprint density at radius 2 is 0.691 bits per heavy atom. The van der Waals surface area contributed by atoms with Gasteiger partial charge in [-0.05, 0) is 82.7 Å². The quantitative estimate of drug-likeness (QED) is 0.0490. The molecule has 0 aromatic rings. The van der Waals surface area contributed by atoms with E-state index in [0.29, 0.717) is 37.9 Å². The van der Waals surface area contributed by atoms with Crippen LogP contribution in [0.15, 0.2) is 0 Å². The molecule has 0 saturated carbocycles. The number of hydrogen-bond donors (Lipinski definition) is 1. The fourth-order valence-electron chi connectivity index (χ4n) is 7.88. The van der Waals surface area contributed by atoms with Crippen molar-refractivity contribution in [1.29, 1.82) is 0 Å². The van der Waals surface area contributed by atoms with Crippen molar-refractivity contribution in [1.82, 2.24) is 4.90 Å². The number of aliphatic hydroxyl groups is 1. The molecular formula is C49H97NO5. The van der Waals surface area contributed by atoms with Gasteiger partial charge in [0.25, 0.3) is 0 Å². The van der Waals surface area contributed by atoms with Gasteiger partial charge >= 0.3 is 11.9 Å². The van der Waals surface area contributed by atoms with E-state index in [0.717, 1.165) is 77.4 Å². The summed E-state index contributed by atoms with van der Waals surface area (Å²) in [5.41, 5.74) is 0. The average Bonchev–Trinajstić information content (AvgIpc) is 3.19. The number of esters is 2. The van der Waals surface area contributed by atoms with Crippen LogP contribution < -0.4 is 0 Å². The molecular weight excluding hydrogens is 683 g/mol. The van der Waals surface area contributed by atoms with Gasteiger partial charge < -0.3 is 19.5 Å². The van der Waals surface area contributed by atoms with E-state index < -0.39 is 0 Å². The predicted molar refractivity (Wildman–Crippen MR) is 237 cm³/mol. The highest BCUT2D eigenvalue weighted by Gasteiger charge is 2.14. The third-order valence-corrected chi connectivity index (χ3v) is 11.7. The van der Waals surface area contributed by atoms with Gasteiger partial charge in [0.15, 0.2) is 0 Å². The molecule has 55 heavy (non-hydrogen) atoms. The molecule has 1 N–H and O–H groups in total. The van der Waals surface area contributed by atoms with Crippen LogP contribution in [0.1, 0.15) is 252 Å². The SMILES string of the molecule is CCCCCCCCC(CCCCCC)COC(=O)CCCCCCN(CCCO)CCCCCCC(=O)OCC(CCCCCC)CCCCCCCC. The second kappa shape index (κ2) is 44.0. The molecule has 0 radical (unpaired) electrons. The first-order valence-corrected chi connectivity index (χ1v) is 24.6. The Hall–Kier alpha value is -1.14. The fourth-order valence-corrected chi connectivity index (χ4v) is 7.88. The van der Waals surface area contributed by atoms with Gasteiger partial charge in [-0.2, -0.15) is 0 Å². The van der Waals surface area contributed by atoms with Crippen molar-refractivity contribution in [3.8, 4) is 0 Å². The van der Waals surface area contributed by atoms with Crippen molar-refractivity contribution in [3.63, 3.8) is 0 Å². The molecule has 0 saturated heterocycles. The Labute approximate surface area is 343 Å². The van der Waals surface area contributed by atoms with Crippen LogP contribution in [0.25, 0.3) is 0 Å². The third kappa shape index (κ3) is 39.5. The van der Waals surface area contributed by atoms with E-state index in [1.807, 2.05) is 0 Å². The maximum atomic E-state index is 12.6. The highest BCUT2D eigenvalue weighted by atomic mass is 16.5. The minimum atomic E-state index is -0.00941. The molecule has 0 amide bonds. The summed E-state index contributed by atoms with van der Waals surface area (Å²) in [5, 5.41) is 9.44. The Kier molecular flexibility index (Phi) is 43.1. The molecule has 6 nitrogen and oxygen atoms in total. The molecule has 0 rings (SSSR count). The topological polar surface area (TPSA) is 76.1 Å². The molecule has 328 valence electrons. The highest BCUT2D eigenvalue weighted by Crippen LogP contribution is 2.21. The number of carbonyl (C=O) groups excluding carboxylic acids is 2. The standard InChI is InChI=1S/C49H97NO5/c1-5-9-13-17-19-27-36-46(34-25-15-11-7-3)44-54-48(52)38-29-21-23-31-40-50(42-33-43-51)41-32-24-22-30-39-49(53)55-45-47(35-26-16-12-8-4)37-28-20-18-14-10-6-2/h46-47,51H,5-45H2,1-4H3. The summed E-state index contributed by atoms with van der Waals surface area (Å²) in [6.45, 7) is 13.6. The zero-order chi connectivity index (χ0) is 40.3. The Morgan fingerprint density at radius 1 is 0.400 bits per heavy atom. The van der Waals surface area contributed by atoms with Gasteiger partial charge in [-0.3, -0.25) is 9.59 Å². The van der Waals surface area contributed by atoms with Crippen molar-refractivity contribution >= 4 is 11.9 Å². The summed E-state index contributed by atoms with van der Waals surface area (Å²) in [4.78, 5) is 27.6. The number of carbonyl (C=O) groups is 2. The molecule has 0 aromatic carbocycles. The van der Waals surface area contributed by atoms with Gasteiger partial charge in [-0.1, -0.05) is 182 Å². The lowest BCUT2D eigenvalue weighted by Gasteiger charge is -2.22. The lowest BCUT2D eigenvalue weighted by atomic mass is 9.95. The number of unbranched alkanes of at least 4 members (excludes halogenated alkanes) is 22. The van der Waals surface area contributed by atoms with E-state index in [2.05, 4.69) is 32.6 Å². The summed E-state index contributed by atoms with van der Waals surface area (Å²) in [7, 11) is 0. The Morgan fingerprint density at radius 3 is 1.05 bits per heavy atom. The first-order valence-electron chi connectivity index (χ1n) is 24.6. The fraction of sp³-hybridized carbons (Fsp3) is 0.959. The first-order chi connectivity index (χ1) is 27.0. The molecule has 6 heteroatoms. The minimum absolute atomic E-state index is 0.00941. The van der Waals surface area contributed by atoms with Gasteiger partial charge in [0.05, 0.1) is 13.2 Å². The zero-order valence-electron chi connectivity index (χ0n) is 37.7. The van der Waals surface area contributed by atoms with Crippen molar-refractivity contribution < 1.29 is 24.2 Å². The maximum absolute atomic E-state index is 12.6. The van der Waals surface area contributed by atoms with Crippen molar-refractivity contribution in [2.45, 2.75) is 252 Å². The molecule has 0 bridgehead atoms. The van der Waals surface area contributed by atoms with Crippen LogP contribution in [-0.4, -0.2) is 61.4 Å². The van der Waals surface area contributed by atoms with E-state index >= 15 is 0 Å². The van der Waals surface area contributed by atoms with Crippen molar-refractivity contribution in [3.05, 3.63) is 0 Å². The second-order valence-electron chi connectivity index (χ2n) is 17.2. The summed E-state index contributed by atoms with van der Waals surface area (Å²) in [6, 6.07) is 0. The monoisotopic (exact) mass is 780 g/mol. The summed E-state index contributed by atoms with van der Waals surface area (Å²) >= 11 is 0. The molecule has 0 fully saturated rings. The van der Waals surface area contributed by atoms with E-state index in [4.69, 9.17) is 9.47 Å². The van der Waals surface area contributed by atoms with E-state index in [-0.39, 0.29) is 18.5 Å². The summed E-state index contributed by atoms with van der Waals surface area (Å²) < 4.78 is 11.6. The highest BCUT2D eigenvalue weighted by molar-refractivity contribution is 5.69. The molecule has 0 aliphatic rings. The molecule has 2 atom stereocenters. The van der Waals surface area contributed by atoms with Gasteiger partial charge in [-0.15, -0.1) is 0 Å². The van der Waals surface area contributed by atoms with Crippen LogP contribution in [0, 0.1) is 11.8 Å². The zero-order valence-corrected chi connectivity index (χ0v) is 37.7. The summed E-state index contributed by atoms with van der Waals surface area (Å²) in [5.74, 6) is 1.04. The smallest absolute Gasteiger partial charge is 0.305 e. The van der Waals surface area contributed by atoms with Crippen LogP contribution in [0.5, 0.6) is 0 Å². The number of nitrogens with zero attached hydrogens (tertiary/aromatic N) is 1. The lowest BCUT2D eigenvalue weighted by Crippen LogP contribution is -2.28. The largest absolute Gasteiger partial charge is 0.465 e. The predicted octanol–water partition coefficient (Wildman–Crippen LogP) is 14.3. The third-order valence-electron chi connectivity index (χ3n) is 11.7. The van der Waals surface area contributed by atoms with Crippen molar-refractivity contribution in [2.24, 2.45) is 11.8 Å². The maximum Gasteiger partial charge on any atom is 0.305 e. The first kappa shape index (κ1) is 53.9.